The highest BCUT2D eigenvalue weighted by atomic mass is 28.4. The normalized spacial score (nSPS) is 17.4. The molecule has 2 heterocycles. The molecular formula is C48H80N4O10Si2. The van der Waals surface area contributed by atoms with E-state index < -0.39 is 28.3 Å². The van der Waals surface area contributed by atoms with E-state index in [-0.39, 0.29) is 45.2 Å². The second-order valence-corrected chi connectivity index (χ2v) is 30.9. The minimum Gasteiger partial charge on any atom is -0.493 e. The van der Waals surface area contributed by atoms with Crippen LogP contribution in [0.3, 0.4) is 0 Å². The van der Waals surface area contributed by atoms with Gasteiger partial charge in [-0.15, -0.1) is 0 Å². The first kappa shape index (κ1) is 52.6. The summed E-state index contributed by atoms with van der Waals surface area (Å²) in [4.78, 5) is 44.9. The van der Waals surface area contributed by atoms with Crippen LogP contribution in [0.15, 0.2) is 24.3 Å². The van der Waals surface area contributed by atoms with Gasteiger partial charge < -0.3 is 48.1 Å². The number of benzene rings is 2. The first-order valence-electron chi connectivity index (χ1n) is 23.0. The van der Waals surface area contributed by atoms with Gasteiger partial charge >= 0.3 is 6.09 Å². The number of hydrogen-bond acceptors (Lipinski definition) is 11. The Morgan fingerprint density at radius 3 is 1.53 bits per heavy atom. The van der Waals surface area contributed by atoms with Crippen LogP contribution in [0.25, 0.3) is 0 Å². The topological polar surface area (TPSA) is 160 Å². The third-order valence-electron chi connectivity index (χ3n) is 13.2. The van der Waals surface area contributed by atoms with Crippen molar-refractivity contribution >= 4 is 45.9 Å². The number of methoxy groups -OCH3 is 2. The van der Waals surface area contributed by atoms with Gasteiger partial charge in [-0.3, -0.25) is 14.9 Å². The van der Waals surface area contributed by atoms with Crippen molar-refractivity contribution in [3.8, 4) is 23.0 Å². The molecule has 16 heteroatoms. The zero-order chi connectivity index (χ0) is 47.8. The zero-order valence-corrected chi connectivity index (χ0v) is 43.7. The van der Waals surface area contributed by atoms with Crippen LogP contribution < -0.4 is 30.0 Å². The zero-order valence-electron chi connectivity index (χ0n) is 41.7. The number of rotatable bonds is 19. The number of amides is 3. The van der Waals surface area contributed by atoms with Crippen LogP contribution in [0, 0.1) is 0 Å². The van der Waals surface area contributed by atoms with Gasteiger partial charge in [0.15, 0.2) is 39.6 Å². The maximum atomic E-state index is 14.3. The summed E-state index contributed by atoms with van der Waals surface area (Å²) in [5, 5.41) is 2.94. The summed E-state index contributed by atoms with van der Waals surface area (Å²) >= 11 is 0. The minimum atomic E-state index is -2.04. The molecule has 14 nitrogen and oxygen atoms in total. The Hall–Kier alpha value is -4.00. The van der Waals surface area contributed by atoms with Gasteiger partial charge in [-0.05, 0) is 114 Å². The van der Waals surface area contributed by atoms with Crippen molar-refractivity contribution < 1.29 is 46.9 Å². The molecule has 4 rings (SSSR count). The predicted molar refractivity (Wildman–Crippen MR) is 260 cm³/mol. The van der Waals surface area contributed by atoms with Gasteiger partial charge in [0.25, 0.3) is 11.8 Å². The fourth-order valence-corrected chi connectivity index (χ4v) is 9.29. The third kappa shape index (κ3) is 13.8. The molecule has 2 fully saturated rings. The number of hydrogen-bond donors (Lipinski definition) is 2. The van der Waals surface area contributed by atoms with Crippen LogP contribution in [0.2, 0.25) is 36.3 Å². The fourth-order valence-electron chi connectivity index (χ4n) is 7.21. The van der Waals surface area contributed by atoms with E-state index in [1.807, 2.05) is 9.80 Å². The average molecular weight is 929 g/mol. The molecular weight excluding hydrogens is 849 g/mol. The van der Waals surface area contributed by atoms with Gasteiger partial charge in [0.1, 0.15) is 5.60 Å². The summed E-state index contributed by atoms with van der Waals surface area (Å²) in [6.45, 7) is 30.4. The van der Waals surface area contributed by atoms with Gasteiger partial charge in [0, 0.05) is 30.9 Å². The molecule has 2 saturated heterocycles. The van der Waals surface area contributed by atoms with Crippen LogP contribution in [0.1, 0.15) is 128 Å². The first-order chi connectivity index (χ1) is 29.7. The lowest BCUT2D eigenvalue weighted by atomic mass is 10.1. The van der Waals surface area contributed by atoms with Crippen molar-refractivity contribution in [3.05, 3.63) is 35.4 Å². The molecule has 3 amide bonds. The van der Waals surface area contributed by atoms with Crippen LogP contribution in [-0.2, 0) is 13.6 Å². The van der Waals surface area contributed by atoms with Gasteiger partial charge in [-0.2, -0.15) is 0 Å². The quantitative estimate of drug-likeness (QED) is 0.0784. The van der Waals surface area contributed by atoms with Crippen molar-refractivity contribution in [2.45, 2.75) is 161 Å². The van der Waals surface area contributed by atoms with E-state index in [1.165, 1.54) is 7.11 Å². The largest absolute Gasteiger partial charge is 0.493 e. The molecule has 0 aromatic heterocycles. The van der Waals surface area contributed by atoms with E-state index in [2.05, 4.69) is 73.0 Å². The lowest BCUT2D eigenvalue weighted by molar-refractivity contribution is 0.0634. The molecule has 0 saturated carbocycles. The van der Waals surface area contributed by atoms with E-state index in [9.17, 15) is 14.4 Å². The van der Waals surface area contributed by atoms with E-state index in [0.717, 1.165) is 32.1 Å². The third-order valence-corrected chi connectivity index (χ3v) is 22.2. The summed E-state index contributed by atoms with van der Waals surface area (Å²) in [6.07, 6.45) is 5.00. The highest BCUT2D eigenvalue weighted by molar-refractivity contribution is 6.74. The van der Waals surface area contributed by atoms with Crippen molar-refractivity contribution in [3.63, 3.8) is 0 Å². The van der Waals surface area contributed by atoms with Crippen molar-refractivity contribution in [2.75, 3.05) is 64.8 Å². The predicted octanol–water partition coefficient (Wildman–Crippen LogP) is 10.5. The van der Waals surface area contributed by atoms with E-state index in [0.29, 0.717) is 86.6 Å². The van der Waals surface area contributed by atoms with Gasteiger partial charge in [-0.25, -0.2) is 4.79 Å². The monoisotopic (exact) mass is 929 g/mol. The maximum absolute atomic E-state index is 14.3. The number of carbonyl (C=O) groups is 3. The van der Waals surface area contributed by atoms with Crippen LogP contribution in [-0.4, -0.2) is 116 Å². The highest BCUT2D eigenvalue weighted by Gasteiger charge is 2.41. The molecule has 360 valence electrons. The van der Waals surface area contributed by atoms with Crippen LogP contribution >= 0.6 is 0 Å². The van der Waals surface area contributed by atoms with Gasteiger partial charge in [0.05, 0.1) is 69.5 Å². The number of nitrogens with zero attached hydrogens (tertiary/aromatic N) is 2. The second-order valence-electron chi connectivity index (χ2n) is 21.3. The summed E-state index contributed by atoms with van der Waals surface area (Å²) < 4.78 is 42.4. The molecule has 2 aliphatic heterocycles. The molecule has 3 N–H and O–H groups in total. The Morgan fingerprint density at radius 1 is 0.656 bits per heavy atom. The molecule has 2 aromatic carbocycles. The van der Waals surface area contributed by atoms with Crippen molar-refractivity contribution in [1.82, 2.24) is 9.80 Å². The summed E-state index contributed by atoms with van der Waals surface area (Å²) in [5.74, 6) is 1.33. The molecule has 2 atom stereocenters. The Kier molecular flexibility index (Phi) is 17.7. The van der Waals surface area contributed by atoms with Crippen LogP contribution in [0.5, 0.6) is 23.0 Å². The molecule has 0 bridgehead atoms. The number of likely N-dealkylation sites (tertiary alicyclic amines) is 2. The summed E-state index contributed by atoms with van der Waals surface area (Å²) in [6, 6.07) is 6.52. The molecule has 2 unspecified atom stereocenters. The Labute approximate surface area is 385 Å². The van der Waals surface area contributed by atoms with Crippen LogP contribution in [0.4, 0.5) is 16.2 Å². The SMILES string of the molecule is COc1cc(C(=O)N2CCCC2CO[Si](C)(C)C(C)(C)C)c(N)cc1OCCCCCOc1cc(NC(=O)OC(C)(C)C)c(C(=O)N2CCCC2CO[Si](C)(C)C(C)(C)C)cc1OC. The number of nitrogens with one attached hydrogen (secondary N) is 1. The van der Waals surface area contributed by atoms with E-state index >= 15 is 0 Å². The lowest BCUT2D eigenvalue weighted by Crippen LogP contribution is -2.46. The number of ether oxygens (including phenoxy) is 5. The fraction of sp³-hybridized carbons (Fsp3) is 0.688. The Balaban J connectivity index is 1.37. The molecule has 64 heavy (non-hydrogen) atoms. The number of anilines is 2. The maximum Gasteiger partial charge on any atom is 0.412 e. The van der Waals surface area contributed by atoms with E-state index in [4.69, 9.17) is 38.3 Å². The second kappa shape index (κ2) is 21.5. The Morgan fingerprint density at radius 2 is 1.09 bits per heavy atom. The number of nitrogens with two attached hydrogens (primary N) is 1. The van der Waals surface area contributed by atoms with Gasteiger partial charge in [0.2, 0.25) is 0 Å². The van der Waals surface area contributed by atoms with Gasteiger partial charge in [-0.1, -0.05) is 41.5 Å². The average Bonchev–Trinajstić information content (AvgIpc) is 3.87. The lowest BCUT2D eigenvalue weighted by Gasteiger charge is -2.38. The first-order valence-corrected chi connectivity index (χ1v) is 28.9. The summed E-state index contributed by atoms with van der Waals surface area (Å²) in [5.41, 5.74) is 7.03. The number of unbranched alkanes of at least 4 members (excludes halogenated alkanes) is 2. The smallest absolute Gasteiger partial charge is 0.412 e. The summed E-state index contributed by atoms with van der Waals surface area (Å²) in [7, 11) is -0.929. The molecule has 2 aliphatic rings. The Bertz CT molecular complexity index is 1920. The number of nitrogen functional groups attached to an aromatic ring is 1. The molecule has 0 aliphatic carbocycles. The van der Waals surface area contributed by atoms with Crippen molar-refractivity contribution in [1.29, 1.82) is 0 Å². The van der Waals surface area contributed by atoms with Crippen molar-refractivity contribution in [2.24, 2.45) is 0 Å². The molecule has 2 aromatic rings. The molecule has 0 spiro atoms. The standard InChI is InChI=1S/C48H80N4O10Si2/c1-46(2,3)62-45(55)50-38-30-42(40(57-11)28-36(38)44(54)52-24-20-22-34(52)32-61-64(14,15)48(7,8)9)59-26-18-16-17-25-58-41-29-37(49)35(27-39(41)56-10)43(53)51-23-19-21-33(51)31-60-63(12,13)47(4,5)6/h27-30,33-34H,16-26,31-32,49H2,1-15H3,(H,50,55). The molecule has 0 radical (unpaired) electrons. The van der Waals surface area contributed by atoms with E-state index in [1.54, 1.807) is 52.1 Å². The number of carbonyl (C=O) groups excluding carboxylic acids is 3. The minimum absolute atomic E-state index is 0.00114. The highest BCUT2D eigenvalue weighted by Crippen LogP contribution is 2.40.